The molecular weight excluding hydrogens is 127 g/mol. The van der Waals surface area contributed by atoms with Crippen LogP contribution < -0.4 is 0 Å². The lowest BCUT2D eigenvalue weighted by Gasteiger charge is -2.26. The van der Waals surface area contributed by atoms with E-state index in [1.165, 1.54) is 0 Å². The molecule has 2 fully saturated rings. The summed E-state index contributed by atoms with van der Waals surface area (Å²) < 4.78 is 10.9. The zero-order valence-corrected chi connectivity index (χ0v) is 6.33. The van der Waals surface area contributed by atoms with Crippen molar-refractivity contribution < 1.29 is 9.47 Å². The normalized spacial score (nSPS) is 59.6. The molecule has 4 atom stereocenters. The fourth-order valence-corrected chi connectivity index (χ4v) is 1.78. The lowest BCUT2D eigenvalue weighted by molar-refractivity contribution is -0.105. The third-order valence-electron chi connectivity index (χ3n) is 2.75. The first-order valence-electron chi connectivity index (χ1n) is 3.68. The average Bonchev–Trinajstić information content (AvgIpc) is 2.20. The van der Waals surface area contributed by atoms with Gasteiger partial charge in [0, 0.05) is 11.9 Å². The van der Waals surface area contributed by atoms with E-state index < -0.39 is 0 Å². The molecule has 2 nitrogen and oxygen atoms in total. The molecular formula is C7H11BO2. The second-order valence-electron chi connectivity index (χ2n) is 3.46. The maximum absolute atomic E-state index is 5.65. The molecule has 2 rings (SSSR count). The van der Waals surface area contributed by atoms with Gasteiger partial charge in [0.25, 0.3) is 0 Å². The van der Waals surface area contributed by atoms with Gasteiger partial charge in [-0.1, -0.05) is 6.92 Å². The van der Waals surface area contributed by atoms with E-state index >= 15 is 0 Å². The van der Waals surface area contributed by atoms with E-state index in [0.717, 1.165) is 0 Å². The molecule has 2 heterocycles. The van der Waals surface area contributed by atoms with Crippen LogP contribution in [0.25, 0.3) is 0 Å². The van der Waals surface area contributed by atoms with Crippen molar-refractivity contribution >= 4 is 7.85 Å². The minimum absolute atomic E-state index is 0.107. The minimum Gasteiger partial charge on any atom is -0.376 e. The Balaban J connectivity index is 2.26. The fraction of sp³-hybridized carbons (Fsp3) is 1.00. The lowest BCUT2D eigenvalue weighted by Crippen LogP contribution is -2.35. The molecule has 0 aromatic rings. The van der Waals surface area contributed by atoms with Gasteiger partial charge in [0.15, 0.2) is 0 Å². The van der Waals surface area contributed by atoms with Gasteiger partial charge in [0.1, 0.15) is 7.85 Å². The van der Waals surface area contributed by atoms with Gasteiger partial charge in [-0.05, 0) is 6.92 Å². The van der Waals surface area contributed by atoms with Crippen molar-refractivity contribution in [2.75, 3.05) is 6.61 Å². The Morgan fingerprint density at radius 3 is 2.50 bits per heavy atom. The zero-order valence-electron chi connectivity index (χ0n) is 6.33. The van der Waals surface area contributed by atoms with Crippen LogP contribution in [0.15, 0.2) is 0 Å². The van der Waals surface area contributed by atoms with Crippen LogP contribution in [0, 0.1) is 5.92 Å². The first kappa shape index (κ1) is 6.68. The summed E-state index contributed by atoms with van der Waals surface area (Å²) in [5, 5.41) is 0. The maximum Gasteiger partial charge on any atom is 0.112 e. The minimum atomic E-state index is -0.200. The Hall–Kier alpha value is -0.0151. The van der Waals surface area contributed by atoms with E-state index in [9.17, 15) is 0 Å². The number of ether oxygens (including phenoxy) is 2. The molecule has 10 heavy (non-hydrogen) atoms. The van der Waals surface area contributed by atoms with Gasteiger partial charge in [0.2, 0.25) is 0 Å². The van der Waals surface area contributed by atoms with Gasteiger partial charge in [-0.15, -0.1) is 0 Å². The molecule has 2 aliphatic rings. The van der Waals surface area contributed by atoms with Crippen LogP contribution in [0.1, 0.15) is 13.8 Å². The third kappa shape index (κ3) is 0.624. The maximum atomic E-state index is 5.65. The first-order valence-corrected chi connectivity index (χ1v) is 3.68. The van der Waals surface area contributed by atoms with E-state index in [1.807, 2.05) is 0 Å². The summed E-state index contributed by atoms with van der Waals surface area (Å²) in [4.78, 5) is 0. The summed E-state index contributed by atoms with van der Waals surface area (Å²) in [6, 6.07) is -0.200. The van der Waals surface area contributed by atoms with Gasteiger partial charge >= 0.3 is 0 Å². The molecule has 54 valence electrons. The largest absolute Gasteiger partial charge is 0.376 e. The van der Waals surface area contributed by atoms with Gasteiger partial charge in [-0.25, -0.2) is 0 Å². The van der Waals surface area contributed by atoms with Crippen LogP contribution in [-0.2, 0) is 9.47 Å². The number of fused-ring (bicyclic) bond motifs is 2. The molecule has 2 radical (unpaired) electrons. The van der Waals surface area contributed by atoms with Crippen molar-refractivity contribution in [1.82, 2.24) is 0 Å². The molecule has 0 saturated carbocycles. The summed E-state index contributed by atoms with van der Waals surface area (Å²) in [5.74, 6) is 0.447. The van der Waals surface area contributed by atoms with E-state index in [1.54, 1.807) is 0 Å². The molecule has 3 heteroatoms. The Morgan fingerprint density at radius 1 is 1.60 bits per heavy atom. The summed E-state index contributed by atoms with van der Waals surface area (Å²) in [7, 11) is 5.65. The van der Waals surface area contributed by atoms with Crippen LogP contribution >= 0.6 is 0 Å². The molecule has 0 N–H and O–H groups in total. The van der Waals surface area contributed by atoms with Crippen LogP contribution in [0.5, 0.6) is 0 Å². The monoisotopic (exact) mass is 138 g/mol. The third-order valence-corrected chi connectivity index (χ3v) is 2.75. The van der Waals surface area contributed by atoms with Crippen LogP contribution in [0.4, 0.5) is 0 Å². The topological polar surface area (TPSA) is 18.5 Å². The van der Waals surface area contributed by atoms with E-state index in [2.05, 4.69) is 13.8 Å². The molecule has 0 amide bonds. The molecule has 0 aromatic heterocycles. The summed E-state index contributed by atoms with van der Waals surface area (Å²) in [6.45, 7) is 4.89. The fourth-order valence-electron chi connectivity index (χ4n) is 1.78. The highest BCUT2D eigenvalue weighted by Crippen LogP contribution is 2.42. The Morgan fingerprint density at radius 2 is 2.30 bits per heavy atom. The Labute approximate surface area is 62.3 Å². The first-order chi connectivity index (χ1) is 4.63. The zero-order chi connectivity index (χ0) is 7.35. The molecule has 2 bridgehead atoms. The van der Waals surface area contributed by atoms with E-state index in [0.29, 0.717) is 12.5 Å². The van der Waals surface area contributed by atoms with Crippen molar-refractivity contribution in [2.24, 2.45) is 5.92 Å². The number of hydrogen-bond acceptors (Lipinski definition) is 2. The predicted molar refractivity (Wildman–Crippen MR) is 37.9 cm³/mol. The van der Waals surface area contributed by atoms with Crippen molar-refractivity contribution in [3.8, 4) is 0 Å². The summed E-state index contributed by atoms with van der Waals surface area (Å²) >= 11 is 0. The molecule has 0 spiro atoms. The van der Waals surface area contributed by atoms with E-state index in [-0.39, 0.29) is 17.7 Å². The molecule has 2 aliphatic heterocycles. The smallest absolute Gasteiger partial charge is 0.112 e. The van der Waals surface area contributed by atoms with Gasteiger partial charge in [0.05, 0.1) is 18.3 Å². The van der Waals surface area contributed by atoms with Gasteiger partial charge < -0.3 is 9.47 Å². The second-order valence-corrected chi connectivity index (χ2v) is 3.46. The van der Waals surface area contributed by atoms with Crippen LogP contribution in [0.2, 0.25) is 0 Å². The summed E-state index contributed by atoms with van der Waals surface area (Å²) in [5.41, 5.74) is -0.107. The predicted octanol–water partition coefficient (Wildman–Crippen LogP) is 0.305. The van der Waals surface area contributed by atoms with Crippen molar-refractivity contribution in [2.45, 2.75) is 31.6 Å². The van der Waals surface area contributed by atoms with Gasteiger partial charge in [-0.3, -0.25) is 0 Å². The SMILES string of the molecule is [B][C@@H]1O[C@@]2(C)CO[C@H]1C2C. The lowest BCUT2D eigenvalue weighted by atomic mass is 9.87. The highest BCUT2D eigenvalue weighted by atomic mass is 16.6. The molecule has 1 unspecified atom stereocenters. The summed E-state index contributed by atoms with van der Waals surface area (Å²) in [6.07, 6.45) is 0.130. The Kier molecular flexibility index (Phi) is 1.18. The van der Waals surface area contributed by atoms with Crippen LogP contribution in [0.3, 0.4) is 0 Å². The van der Waals surface area contributed by atoms with Gasteiger partial charge in [-0.2, -0.15) is 0 Å². The Bertz CT molecular complexity index is 162. The number of hydrogen-bond donors (Lipinski definition) is 0. The van der Waals surface area contributed by atoms with Crippen molar-refractivity contribution in [3.63, 3.8) is 0 Å². The second kappa shape index (κ2) is 1.77. The number of rotatable bonds is 0. The highest BCUT2D eigenvalue weighted by molar-refractivity contribution is 6.11. The van der Waals surface area contributed by atoms with Crippen molar-refractivity contribution in [3.05, 3.63) is 0 Å². The van der Waals surface area contributed by atoms with Crippen molar-refractivity contribution in [1.29, 1.82) is 0 Å². The van der Waals surface area contributed by atoms with E-state index in [4.69, 9.17) is 17.3 Å². The van der Waals surface area contributed by atoms with Crippen LogP contribution in [-0.4, -0.2) is 32.2 Å². The quantitative estimate of drug-likeness (QED) is 0.448. The molecule has 0 aliphatic carbocycles. The molecule has 0 aromatic carbocycles. The standard InChI is InChI=1S/C7H11BO2/c1-4-5-6(8)10-7(4,2)3-9-5/h4-6H,3H2,1-2H3/t4?,5-,6+,7-/m0/s1. The molecule has 2 saturated heterocycles. The highest BCUT2D eigenvalue weighted by Gasteiger charge is 2.54. The average molecular weight is 138 g/mol.